The third-order valence-electron chi connectivity index (χ3n) is 7.40. The fraction of sp³-hybridized carbons (Fsp3) is 0.167. The quantitative estimate of drug-likeness (QED) is 0.236. The summed E-state index contributed by atoms with van der Waals surface area (Å²) in [7, 11) is -3.91. The van der Waals surface area contributed by atoms with Crippen LogP contribution < -0.4 is 20.3 Å². The van der Waals surface area contributed by atoms with Gasteiger partial charge in [-0.15, -0.1) is 0 Å². The van der Waals surface area contributed by atoms with Gasteiger partial charge in [0.1, 0.15) is 22.8 Å². The van der Waals surface area contributed by atoms with E-state index in [-0.39, 0.29) is 16.6 Å². The zero-order valence-corrected chi connectivity index (χ0v) is 23.3. The van der Waals surface area contributed by atoms with Crippen LogP contribution in [0.3, 0.4) is 0 Å². The van der Waals surface area contributed by atoms with Gasteiger partial charge in [-0.25, -0.2) is 13.6 Å². The molecule has 1 aliphatic heterocycles. The minimum atomic E-state index is -3.91. The predicted molar refractivity (Wildman–Crippen MR) is 162 cm³/mol. The zero-order chi connectivity index (χ0) is 29.3. The number of aromatic amines is 1. The SMILES string of the molecule is NS(=O)(=O)c1ccccc1-c1ccc(NC(=O)C2CN(c3ccc(O)cc3)CCCN2c2ccc3n[nH]nc3c2)cc1. The van der Waals surface area contributed by atoms with E-state index in [1.54, 1.807) is 54.6 Å². The standard InChI is InChI=1S/C30H29N7O4S/c31-42(40,41)29-5-2-1-4-25(29)20-6-8-21(9-7-20)32-30(39)28-19-36(22-10-13-24(38)14-11-22)16-3-17-37(28)23-12-15-26-27(18-23)34-35-33-26/h1-2,4-15,18,28,38H,3,16-17,19H2,(H,32,39)(H2,31,40,41)(H,33,34,35). The van der Waals surface area contributed by atoms with Crippen molar-refractivity contribution in [2.24, 2.45) is 5.14 Å². The van der Waals surface area contributed by atoms with E-state index in [1.165, 1.54) is 6.07 Å². The van der Waals surface area contributed by atoms with E-state index in [2.05, 4.69) is 30.5 Å². The van der Waals surface area contributed by atoms with E-state index in [9.17, 15) is 18.3 Å². The second kappa shape index (κ2) is 11.1. The molecule has 5 aromatic rings. The van der Waals surface area contributed by atoms with Crippen molar-refractivity contribution in [3.05, 3.63) is 91.0 Å². The molecule has 1 atom stereocenters. The van der Waals surface area contributed by atoms with Crippen LogP contribution in [0.25, 0.3) is 22.2 Å². The Morgan fingerprint density at radius 1 is 0.905 bits per heavy atom. The number of hydrogen-bond acceptors (Lipinski definition) is 8. The number of fused-ring (bicyclic) bond motifs is 1. The maximum atomic E-state index is 13.9. The molecule has 1 unspecified atom stereocenters. The van der Waals surface area contributed by atoms with Gasteiger partial charge in [-0.1, -0.05) is 30.3 Å². The van der Waals surface area contributed by atoms with Gasteiger partial charge in [-0.3, -0.25) is 4.79 Å². The van der Waals surface area contributed by atoms with Gasteiger partial charge in [0.15, 0.2) is 0 Å². The molecule has 214 valence electrons. The van der Waals surface area contributed by atoms with Crippen molar-refractivity contribution in [2.45, 2.75) is 17.4 Å². The van der Waals surface area contributed by atoms with Gasteiger partial charge in [0, 0.05) is 42.3 Å². The number of carbonyl (C=O) groups is 1. The van der Waals surface area contributed by atoms with Crippen LogP contribution in [0.1, 0.15) is 6.42 Å². The van der Waals surface area contributed by atoms with Crippen molar-refractivity contribution in [2.75, 3.05) is 34.8 Å². The number of sulfonamides is 1. The largest absolute Gasteiger partial charge is 0.508 e. The van der Waals surface area contributed by atoms with Crippen LogP contribution in [0.4, 0.5) is 17.1 Å². The maximum absolute atomic E-state index is 13.9. The molecule has 0 bridgehead atoms. The number of aromatic nitrogens is 3. The van der Waals surface area contributed by atoms with Crippen molar-refractivity contribution in [3.8, 4) is 16.9 Å². The molecule has 5 N–H and O–H groups in total. The Bertz CT molecular complexity index is 1840. The highest BCUT2D eigenvalue weighted by atomic mass is 32.2. The monoisotopic (exact) mass is 583 g/mol. The molecular weight excluding hydrogens is 554 g/mol. The van der Waals surface area contributed by atoms with E-state index in [1.807, 2.05) is 30.3 Å². The Morgan fingerprint density at radius 3 is 2.38 bits per heavy atom. The number of nitrogens with one attached hydrogen (secondary N) is 2. The fourth-order valence-electron chi connectivity index (χ4n) is 5.34. The normalized spacial score (nSPS) is 15.9. The van der Waals surface area contributed by atoms with E-state index in [0.717, 1.165) is 29.9 Å². The van der Waals surface area contributed by atoms with Crippen molar-refractivity contribution >= 4 is 44.0 Å². The number of primary sulfonamides is 1. The van der Waals surface area contributed by atoms with Crippen LogP contribution in [0, 0.1) is 0 Å². The smallest absolute Gasteiger partial charge is 0.248 e. The number of nitrogens with zero attached hydrogens (tertiary/aromatic N) is 4. The molecule has 0 radical (unpaired) electrons. The maximum Gasteiger partial charge on any atom is 0.248 e. The number of phenols is 1. The molecule has 0 aliphatic carbocycles. The lowest BCUT2D eigenvalue weighted by molar-refractivity contribution is -0.117. The van der Waals surface area contributed by atoms with Crippen LogP contribution in [0.15, 0.2) is 95.9 Å². The first kappa shape index (κ1) is 27.2. The Hall–Kier alpha value is -4.94. The second-order valence-corrected chi connectivity index (χ2v) is 11.7. The third-order valence-corrected chi connectivity index (χ3v) is 8.37. The van der Waals surface area contributed by atoms with Gasteiger partial charge >= 0.3 is 0 Å². The highest BCUT2D eigenvalue weighted by Gasteiger charge is 2.31. The van der Waals surface area contributed by atoms with Crippen LogP contribution in [0.5, 0.6) is 5.75 Å². The Labute approximate surface area is 242 Å². The molecular formula is C30H29N7O4S. The van der Waals surface area contributed by atoms with Gasteiger partial charge in [0.2, 0.25) is 15.9 Å². The summed E-state index contributed by atoms with van der Waals surface area (Å²) in [5.41, 5.74) is 4.94. The molecule has 4 aromatic carbocycles. The average Bonchev–Trinajstić information content (AvgIpc) is 3.34. The van der Waals surface area contributed by atoms with Crippen LogP contribution in [0.2, 0.25) is 0 Å². The summed E-state index contributed by atoms with van der Waals surface area (Å²) >= 11 is 0. The lowest BCUT2D eigenvalue weighted by Crippen LogP contribution is -2.49. The molecule has 0 saturated carbocycles. The molecule has 11 nitrogen and oxygen atoms in total. The van der Waals surface area contributed by atoms with Crippen molar-refractivity contribution in [1.29, 1.82) is 0 Å². The first-order valence-corrected chi connectivity index (χ1v) is 15.0. The third kappa shape index (κ3) is 5.62. The molecule has 1 aromatic heterocycles. The molecule has 1 saturated heterocycles. The molecule has 1 fully saturated rings. The summed E-state index contributed by atoms with van der Waals surface area (Å²) in [4.78, 5) is 18.2. The lowest BCUT2D eigenvalue weighted by atomic mass is 10.1. The minimum absolute atomic E-state index is 0.0364. The topological polar surface area (TPSA) is 158 Å². The van der Waals surface area contributed by atoms with Crippen LogP contribution >= 0.6 is 0 Å². The first-order valence-electron chi connectivity index (χ1n) is 13.4. The summed E-state index contributed by atoms with van der Waals surface area (Å²) in [5.74, 6) is -0.0147. The van der Waals surface area contributed by atoms with E-state index >= 15 is 0 Å². The number of amides is 1. The molecule has 12 heteroatoms. The average molecular weight is 584 g/mol. The van der Waals surface area contributed by atoms with Gasteiger partial charge < -0.3 is 20.2 Å². The predicted octanol–water partition coefficient (Wildman–Crippen LogP) is 3.70. The molecule has 1 amide bonds. The number of hydrogen-bond donors (Lipinski definition) is 4. The second-order valence-electron chi connectivity index (χ2n) is 10.1. The van der Waals surface area contributed by atoms with Crippen molar-refractivity contribution in [3.63, 3.8) is 0 Å². The molecule has 42 heavy (non-hydrogen) atoms. The van der Waals surface area contributed by atoms with Gasteiger partial charge in [0.25, 0.3) is 0 Å². The molecule has 6 rings (SSSR count). The first-order chi connectivity index (χ1) is 20.3. The molecule has 1 aliphatic rings. The van der Waals surface area contributed by atoms with E-state index < -0.39 is 16.1 Å². The number of H-pyrrole nitrogens is 1. The van der Waals surface area contributed by atoms with Gasteiger partial charge in [0.05, 0.1) is 4.90 Å². The number of phenolic OH excluding ortho intramolecular Hbond substituents is 1. The highest BCUT2D eigenvalue weighted by molar-refractivity contribution is 7.89. The minimum Gasteiger partial charge on any atom is -0.508 e. The lowest BCUT2D eigenvalue weighted by Gasteiger charge is -2.33. The Morgan fingerprint density at radius 2 is 1.62 bits per heavy atom. The van der Waals surface area contributed by atoms with Crippen LogP contribution in [-0.2, 0) is 14.8 Å². The number of aromatic hydroxyl groups is 1. The summed E-state index contributed by atoms with van der Waals surface area (Å²) < 4.78 is 24.2. The Balaban J connectivity index is 1.29. The summed E-state index contributed by atoms with van der Waals surface area (Å²) in [5, 5.41) is 29.2. The van der Waals surface area contributed by atoms with Crippen molar-refractivity contribution < 1.29 is 18.3 Å². The number of carbonyl (C=O) groups excluding carboxylic acids is 1. The zero-order valence-electron chi connectivity index (χ0n) is 22.5. The van der Waals surface area contributed by atoms with Gasteiger partial charge in [-0.05, 0) is 72.6 Å². The summed E-state index contributed by atoms with van der Waals surface area (Å²) in [6.45, 7) is 1.78. The number of benzene rings is 4. The number of anilines is 3. The fourth-order valence-corrected chi connectivity index (χ4v) is 6.10. The molecule has 0 spiro atoms. The summed E-state index contributed by atoms with van der Waals surface area (Å²) in [6, 6.07) is 25.7. The number of nitrogens with two attached hydrogens (primary N) is 1. The summed E-state index contributed by atoms with van der Waals surface area (Å²) in [6.07, 6.45) is 0.805. The van der Waals surface area contributed by atoms with Crippen LogP contribution in [-0.4, -0.2) is 60.5 Å². The molecule has 2 heterocycles. The Kier molecular flexibility index (Phi) is 7.23. The number of rotatable bonds is 6. The highest BCUT2D eigenvalue weighted by Crippen LogP contribution is 2.30. The van der Waals surface area contributed by atoms with Crippen molar-refractivity contribution in [1.82, 2.24) is 15.4 Å². The van der Waals surface area contributed by atoms with E-state index in [0.29, 0.717) is 35.4 Å². The van der Waals surface area contributed by atoms with Gasteiger partial charge in [-0.2, -0.15) is 15.4 Å². The van der Waals surface area contributed by atoms with E-state index in [4.69, 9.17) is 5.14 Å².